The Bertz CT molecular complexity index is 209. The maximum atomic E-state index is 5.41. The van der Waals surface area contributed by atoms with E-state index in [1.807, 2.05) is 0 Å². The molecule has 76 valence electrons. The smallest absolute Gasteiger partial charge is 0.0930 e. The van der Waals surface area contributed by atoms with Gasteiger partial charge in [0.1, 0.15) is 0 Å². The van der Waals surface area contributed by atoms with Gasteiger partial charge in [-0.1, -0.05) is 54.9 Å². The number of hydrogen-bond donors (Lipinski definition) is 0. The quantitative estimate of drug-likeness (QED) is 0.534. The van der Waals surface area contributed by atoms with Crippen LogP contribution in [0.1, 0.15) is 27.7 Å². The van der Waals surface area contributed by atoms with Gasteiger partial charge in [0.2, 0.25) is 0 Å². The van der Waals surface area contributed by atoms with Crippen LogP contribution in [0.3, 0.4) is 0 Å². The van der Waals surface area contributed by atoms with E-state index in [0.29, 0.717) is 11.8 Å². The van der Waals surface area contributed by atoms with E-state index in [0.717, 1.165) is 5.70 Å². The molecule has 2 atom stereocenters. The van der Waals surface area contributed by atoms with Crippen molar-refractivity contribution < 1.29 is 0 Å². The van der Waals surface area contributed by atoms with E-state index < -0.39 is 0 Å². The summed E-state index contributed by atoms with van der Waals surface area (Å²) in [6.45, 7) is 12.5. The first kappa shape index (κ1) is 13.2. The molecule has 0 aliphatic carbocycles. The fourth-order valence-electron chi connectivity index (χ4n) is 1.07. The summed E-state index contributed by atoms with van der Waals surface area (Å²) in [5.74, 6) is 1.03. The van der Waals surface area contributed by atoms with E-state index >= 15 is 0 Å². The fourth-order valence-corrected chi connectivity index (χ4v) is 1.82. The molecule has 0 rings (SSSR count). The van der Waals surface area contributed by atoms with Crippen LogP contribution in [0.4, 0.5) is 0 Å². The van der Waals surface area contributed by atoms with Gasteiger partial charge in [0.05, 0.1) is 15.7 Å². The lowest BCUT2D eigenvalue weighted by Gasteiger charge is -2.32. The van der Waals surface area contributed by atoms with Crippen molar-refractivity contribution in [3.8, 4) is 0 Å². The first-order valence-electron chi connectivity index (χ1n) is 4.35. The van der Waals surface area contributed by atoms with Crippen LogP contribution in [0, 0.1) is 11.8 Å². The predicted octanol–water partition coefficient (Wildman–Crippen LogP) is 4.21. The standard InChI is InChI=1S/C10H17BrClN/c1-7(2)8(3)10(5,11)9(4)13-6-12/h6-8H,4H2,1-3,5H3/b13-6+/t8-,10?/m1/s1. The van der Waals surface area contributed by atoms with Crippen molar-refractivity contribution in [1.29, 1.82) is 0 Å². The number of alkyl halides is 1. The minimum atomic E-state index is -0.174. The topological polar surface area (TPSA) is 12.4 Å². The van der Waals surface area contributed by atoms with Gasteiger partial charge in [-0.2, -0.15) is 0 Å². The molecule has 0 spiro atoms. The average Bonchev–Trinajstić information content (AvgIpc) is 2.03. The summed E-state index contributed by atoms with van der Waals surface area (Å²) in [7, 11) is 0. The molecular weight excluding hydrogens is 249 g/mol. The second kappa shape index (κ2) is 5.16. The van der Waals surface area contributed by atoms with Crippen LogP contribution in [0.25, 0.3) is 0 Å². The number of nitrogens with zero attached hydrogens (tertiary/aromatic N) is 1. The second-order valence-corrected chi connectivity index (χ2v) is 5.62. The Hall–Kier alpha value is 0.180. The Kier molecular flexibility index (Phi) is 5.23. The Morgan fingerprint density at radius 3 is 2.31 bits per heavy atom. The molecule has 13 heavy (non-hydrogen) atoms. The van der Waals surface area contributed by atoms with Crippen molar-refractivity contribution in [2.45, 2.75) is 32.0 Å². The van der Waals surface area contributed by atoms with Crippen molar-refractivity contribution in [1.82, 2.24) is 0 Å². The summed E-state index contributed by atoms with van der Waals surface area (Å²) in [5.41, 5.74) is 2.03. The number of allylic oxidation sites excluding steroid dienone is 1. The van der Waals surface area contributed by atoms with Gasteiger partial charge in [0, 0.05) is 0 Å². The van der Waals surface area contributed by atoms with Gasteiger partial charge in [0.15, 0.2) is 0 Å². The minimum absolute atomic E-state index is 0.174. The Morgan fingerprint density at radius 1 is 1.54 bits per heavy atom. The van der Waals surface area contributed by atoms with E-state index in [4.69, 9.17) is 11.6 Å². The normalized spacial score (nSPS) is 19.0. The largest absolute Gasteiger partial charge is 0.248 e. The molecule has 0 bridgehead atoms. The van der Waals surface area contributed by atoms with Gasteiger partial charge < -0.3 is 0 Å². The molecule has 0 saturated carbocycles. The van der Waals surface area contributed by atoms with Crippen LogP contribution in [0.5, 0.6) is 0 Å². The van der Waals surface area contributed by atoms with Crippen LogP contribution in [-0.2, 0) is 0 Å². The zero-order valence-electron chi connectivity index (χ0n) is 8.64. The van der Waals surface area contributed by atoms with Crippen molar-refractivity contribution in [2.24, 2.45) is 16.8 Å². The van der Waals surface area contributed by atoms with Gasteiger partial charge in [-0.3, -0.25) is 0 Å². The summed E-state index contributed by atoms with van der Waals surface area (Å²) in [5, 5.41) is 0. The summed E-state index contributed by atoms with van der Waals surface area (Å²) >= 11 is 9.06. The molecule has 0 aromatic rings. The van der Waals surface area contributed by atoms with Crippen LogP contribution in [0.2, 0.25) is 0 Å². The van der Waals surface area contributed by atoms with Crippen LogP contribution < -0.4 is 0 Å². The van der Waals surface area contributed by atoms with Gasteiger partial charge in [-0.15, -0.1) is 0 Å². The van der Waals surface area contributed by atoms with Crippen molar-refractivity contribution in [3.63, 3.8) is 0 Å². The molecule has 0 heterocycles. The van der Waals surface area contributed by atoms with Gasteiger partial charge in [0.25, 0.3) is 0 Å². The molecule has 0 aromatic heterocycles. The summed E-state index contributed by atoms with van der Waals surface area (Å²) < 4.78 is -0.174. The van der Waals surface area contributed by atoms with Gasteiger partial charge in [-0.05, 0) is 18.8 Å². The summed E-state index contributed by atoms with van der Waals surface area (Å²) in [4.78, 5) is 4.00. The van der Waals surface area contributed by atoms with E-state index in [1.54, 1.807) is 0 Å². The maximum Gasteiger partial charge on any atom is 0.0930 e. The Balaban J connectivity index is 4.64. The van der Waals surface area contributed by atoms with Crippen LogP contribution in [0.15, 0.2) is 17.3 Å². The highest BCUT2D eigenvalue weighted by Gasteiger charge is 2.32. The molecule has 1 nitrogen and oxygen atoms in total. The van der Waals surface area contributed by atoms with E-state index in [9.17, 15) is 0 Å². The van der Waals surface area contributed by atoms with Crippen molar-refractivity contribution in [2.75, 3.05) is 0 Å². The monoisotopic (exact) mass is 265 g/mol. The van der Waals surface area contributed by atoms with E-state index in [-0.39, 0.29) is 4.32 Å². The number of halogens is 2. The molecular formula is C10H17BrClN. The van der Waals surface area contributed by atoms with E-state index in [1.165, 1.54) is 5.67 Å². The average molecular weight is 267 g/mol. The van der Waals surface area contributed by atoms with Crippen LogP contribution >= 0.6 is 27.5 Å². The third-order valence-corrected chi connectivity index (χ3v) is 3.90. The highest BCUT2D eigenvalue weighted by Crippen LogP contribution is 2.38. The maximum absolute atomic E-state index is 5.41. The molecule has 0 saturated heterocycles. The highest BCUT2D eigenvalue weighted by molar-refractivity contribution is 9.10. The first-order chi connectivity index (χ1) is 5.84. The van der Waals surface area contributed by atoms with Gasteiger partial charge >= 0.3 is 0 Å². The molecule has 0 aliphatic heterocycles. The third kappa shape index (κ3) is 3.43. The lowest BCUT2D eigenvalue weighted by Crippen LogP contribution is -2.30. The molecule has 0 aliphatic rings. The zero-order chi connectivity index (χ0) is 10.6. The molecule has 0 amide bonds. The molecule has 0 aromatic carbocycles. The molecule has 3 heteroatoms. The van der Waals surface area contributed by atoms with E-state index in [2.05, 4.69) is 55.2 Å². The van der Waals surface area contributed by atoms with Crippen molar-refractivity contribution in [3.05, 3.63) is 12.3 Å². The van der Waals surface area contributed by atoms with Gasteiger partial charge in [-0.25, -0.2) is 4.99 Å². The zero-order valence-corrected chi connectivity index (χ0v) is 11.0. The van der Waals surface area contributed by atoms with Crippen LogP contribution in [-0.4, -0.2) is 10.00 Å². The molecule has 0 fully saturated rings. The van der Waals surface area contributed by atoms with Crippen molar-refractivity contribution >= 4 is 33.2 Å². The Labute approximate surface area is 94.4 Å². The predicted molar refractivity (Wildman–Crippen MR) is 64.8 cm³/mol. The first-order valence-corrected chi connectivity index (χ1v) is 5.58. The SMILES string of the molecule is C=C(/N=C/Cl)C(C)(Br)[C@H](C)C(C)C. The molecule has 0 N–H and O–H groups in total. The lowest BCUT2D eigenvalue weighted by molar-refractivity contribution is 0.363. The minimum Gasteiger partial charge on any atom is -0.248 e. The molecule has 1 unspecified atom stereocenters. The summed E-state index contributed by atoms with van der Waals surface area (Å²) in [6, 6.07) is 0. The molecule has 0 radical (unpaired) electrons. The summed E-state index contributed by atoms with van der Waals surface area (Å²) in [6.07, 6.45) is 0. The second-order valence-electron chi connectivity index (χ2n) is 3.78. The highest BCUT2D eigenvalue weighted by atomic mass is 79.9. The number of aliphatic imine (C=N–C) groups is 1. The lowest BCUT2D eigenvalue weighted by atomic mass is 9.84. The number of hydrogen-bond acceptors (Lipinski definition) is 1. The Morgan fingerprint density at radius 2 is 2.00 bits per heavy atom. The number of rotatable bonds is 4. The third-order valence-electron chi connectivity index (χ3n) is 2.62. The fraction of sp³-hybridized carbons (Fsp3) is 0.700.